The number of nitrogens with two attached hydrogens (primary N) is 1. The van der Waals surface area contributed by atoms with E-state index in [4.69, 9.17) is 5.73 Å². The zero-order valence-electron chi connectivity index (χ0n) is 12.2. The van der Waals surface area contributed by atoms with E-state index in [0.29, 0.717) is 6.42 Å². The van der Waals surface area contributed by atoms with E-state index in [0.717, 1.165) is 12.1 Å². The Labute approximate surface area is 122 Å². The predicted molar refractivity (Wildman–Crippen MR) is 83.9 cm³/mol. The van der Waals surface area contributed by atoms with Crippen LogP contribution in [0.15, 0.2) is 24.3 Å². The average Bonchev–Trinajstić information content (AvgIpc) is 2.28. The van der Waals surface area contributed by atoms with Crippen LogP contribution < -0.4 is 11.1 Å². The van der Waals surface area contributed by atoms with Crippen molar-refractivity contribution in [1.29, 1.82) is 0 Å². The van der Waals surface area contributed by atoms with Crippen molar-refractivity contribution in [2.24, 2.45) is 5.73 Å². The Balaban J connectivity index is 0.00000324. The van der Waals surface area contributed by atoms with Gasteiger partial charge in [-0.3, -0.25) is 4.79 Å². The van der Waals surface area contributed by atoms with E-state index in [9.17, 15) is 4.79 Å². The molecule has 3 nitrogen and oxygen atoms in total. The molecule has 0 aromatic heterocycles. The van der Waals surface area contributed by atoms with Crippen LogP contribution in [0.3, 0.4) is 0 Å². The number of nitrogens with one attached hydrogen (secondary N) is 1. The number of rotatable bonds is 4. The molecule has 19 heavy (non-hydrogen) atoms. The lowest BCUT2D eigenvalue weighted by Crippen LogP contribution is -2.35. The van der Waals surface area contributed by atoms with Crippen molar-refractivity contribution in [1.82, 2.24) is 0 Å². The standard InChI is InChI=1S/C15H24N2O.ClH/c1-5-6-13(16)14(18)17-12-9-7-11(8-10-12)15(2,3)4;/h7-10,13H,5-6,16H2,1-4H3,(H,17,18);1H. The van der Waals surface area contributed by atoms with E-state index in [1.807, 2.05) is 31.2 Å². The van der Waals surface area contributed by atoms with Crippen molar-refractivity contribution in [2.75, 3.05) is 5.32 Å². The van der Waals surface area contributed by atoms with Gasteiger partial charge in [0.25, 0.3) is 0 Å². The first kappa shape index (κ1) is 17.9. The molecule has 0 heterocycles. The highest BCUT2D eigenvalue weighted by molar-refractivity contribution is 5.94. The molecule has 1 amide bonds. The predicted octanol–water partition coefficient (Wildman–Crippen LogP) is 3.47. The number of amides is 1. The van der Waals surface area contributed by atoms with E-state index in [-0.39, 0.29) is 23.7 Å². The molecule has 0 aliphatic heterocycles. The summed E-state index contributed by atoms with van der Waals surface area (Å²) in [5.74, 6) is -0.111. The normalized spacial score (nSPS) is 12.5. The second-order valence-corrected chi connectivity index (χ2v) is 5.71. The van der Waals surface area contributed by atoms with Gasteiger partial charge in [0, 0.05) is 5.69 Å². The van der Waals surface area contributed by atoms with Crippen molar-refractivity contribution in [3.05, 3.63) is 29.8 Å². The molecule has 3 N–H and O–H groups in total. The molecule has 0 bridgehead atoms. The molecule has 108 valence electrons. The number of halogens is 1. The number of carbonyl (C=O) groups is 1. The first-order chi connectivity index (χ1) is 8.34. The van der Waals surface area contributed by atoms with Gasteiger partial charge in [-0.15, -0.1) is 12.4 Å². The molecule has 0 saturated carbocycles. The van der Waals surface area contributed by atoms with Crippen molar-refractivity contribution in [3.8, 4) is 0 Å². The number of anilines is 1. The minimum atomic E-state index is -0.419. The van der Waals surface area contributed by atoms with E-state index in [2.05, 4.69) is 26.1 Å². The average molecular weight is 285 g/mol. The minimum Gasteiger partial charge on any atom is -0.325 e. The molecule has 0 aliphatic carbocycles. The molecule has 1 rings (SSSR count). The molecule has 0 radical (unpaired) electrons. The molecule has 1 aromatic rings. The van der Waals surface area contributed by atoms with E-state index < -0.39 is 6.04 Å². The Bertz CT molecular complexity index is 396. The highest BCUT2D eigenvalue weighted by Crippen LogP contribution is 2.23. The number of carbonyl (C=O) groups excluding carboxylic acids is 1. The van der Waals surface area contributed by atoms with E-state index in [1.54, 1.807) is 0 Å². The van der Waals surface area contributed by atoms with Gasteiger partial charge in [-0.1, -0.05) is 46.2 Å². The third-order valence-corrected chi connectivity index (χ3v) is 2.95. The fourth-order valence-corrected chi connectivity index (χ4v) is 1.73. The Morgan fingerprint density at radius 1 is 1.26 bits per heavy atom. The Hall–Kier alpha value is -1.06. The summed E-state index contributed by atoms with van der Waals surface area (Å²) in [5, 5.41) is 2.84. The van der Waals surface area contributed by atoms with Gasteiger partial charge < -0.3 is 11.1 Å². The lowest BCUT2D eigenvalue weighted by Gasteiger charge is -2.19. The zero-order valence-corrected chi connectivity index (χ0v) is 13.0. The largest absolute Gasteiger partial charge is 0.325 e. The van der Waals surface area contributed by atoms with Gasteiger partial charge in [0.2, 0.25) is 5.91 Å². The Morgan fingerprint density at radius 2 is 1.79 bits per heavy atom. The second-order valence-electron chi connectivity index (χ2n) is 5.71. The van der Waals surface area contributed by atoms with Gasteiger partial charge in [0.05, 0.1) is 6.04 Å². The van der Waals surface area contributed by atoms with Gasteiger partial charge >= 0.3 is 0 Å². The second kappa shape index (κ2) is 7.51. The van der Waals surface area contributed by atoms with Crippen molar-refractivity contribution < 1.29 is 4.79 Å². The maximum Gasteiger partial charge on any atom is 0.241 e. The lowest BCUT2D eigenvalue weighted by molar-refractivity contribution is -0.117. The first-order valence-electron chi connectivity index (χ1n) is 6.51. The number of hydrogen-bond acceptors (Lipinski definition) is 2. The van der Waals surface area contributed by atoms with E-state index >= 15 is 0 Å². The van der Waals surface area contributed by atoms with Gasteiger partial charge in [-0.2, -0.15) is 0 Å². The quantitative estimate of drug-likeness (QED) is 0.889. The molecule has 0 saturated heterocycles. The molecular weight excluding hydrogens is 260 g/mol. The molecule has 4 heteroatoms. The third kappa shape index (κ3) is 5.62. The Kier molecular flexibility index (Phi) is 7.09. The first-order valence-corrected chi connectivity index (χ1v) is 6.51. The van der Waals surface area contributed by atoms with E-state index in [1.165, 1.54) is 5.56 Å². The number of hydrogen-bond donors (Lipinski definition) is 2. The lowest BCUT2D eigenvalue weighted by atomic mass is 9.87. The van der Waals surface area contributed by atoms with Crippen LogP contribution in [0.25, 0.3) is 0 Å². The van der Waals surface area contributed by atoms with Crippen LogP contribution in [0.5, 0.6) is 0 Å². The summed E-state index contributed by atoms with van der Waals surface area (Å²) in [7, 11) is 0. The van der Waals surface area contributed by atoms with Gasteiger partial charge in [-0.05, 0) is 29.5 Å². The minimum absolute atomic E-state index is 0. The van der Waals surface area contributed by atoms with Crippen LogP contribution in [0.2, 0.25) is 0 Å². The maximum absolute atomic E-state index is 11.7. The van der Waals surface area contributed by atoms with Crippen LogP contribution in [0.1, 0.15) is 46.1 Å². The fraction of sp³-hybridized carbons (Fsp3) is 0.533. The van der Waals surface area contributed by atoms with Gasteiger partial charge in [0.1, 0.15) is 0 Å². The van der Waals surface area contributed by atoms with Crippen LogP contribution in [-0.2, 0) is 10.2 Å². The molecule has 1 unspecified atom stereocenters. The zero-order chi connectivity index (χ0) is 13.8. The topological polar surface area (TPSA) is 55.1 Å². The summed E-state index contributed by atoms with van der Waals surface area (Å²) >= 11 is 0. The third-order valence-electron chi connectivity index (χ3n) is 2.95. The summed E-state index contributed by atoms with van der Waals surface area (Å²) in [6.45, 7) is 8.51. The SMILES string of the molecule is CCCC(N)C(=O)Nc1ccc(C(C)(C)C)cc1.Cl. The fourth-order valence-electron chi connectivity index (χ4n) is 1.73. The smallest absolute Gasteiger partial charge is 0.241 e. The van der Waals surface area contributed by atoms with Crippen LogP contribution in [0.4, 0.5) is 5.69 Å². The van der Waals surface area contributed by atoms with Crippen LogP contribution in [0, 0.1) is 0 Å². The molecule has 0 aliphatic rings. The monoisotopic (exact) mass is 284 g/mol. The number of benzene rings is 1. The summed E-state index contributed by atoms with van der Waals surface area (Å²) in [6.07, 6.45) is 1.63. The van der Waals surface area contributed by atoms with Crippen molar-refractivity contribution in [3.63, 3.8) is 0 Å². The van der Waals surface area contributed by atoms with Gasteiger partial charge in [0.15, 0.2) is 0 Å². The summed E-state index contributed by atoms with van der Waals surface area (Å²) in [6, 6.07) is 7.52. The molecule has 0 fully saturated rings. The highest BCUT2D eigenvalue weighted by atomic mass is 35.5. The van der Waals surface area contributed by atoms with Crippen LogP contribution >= 0.6 is 12.4 Å². The summed E-state index contributed by atoms with van der Waals surface area (Å²) < 4.78 is 0. The Morgan fingerprint density at radius 3 is 2.21 bits per heavy atom. The van der Waals surface area contributed by atoms with Crippen molar-refractivity contribution >= 4 is 24.0 Å². The van der Waals surface area contributed by atoms with Gasteiger partial charge in [-0.25, -0.2) is 0 Å². The van der Waals surface area contributed by atoms with Crippen molar-refractivity contribution in [2.45, 2.75) is 52.0 Å². The highest BCUT2D eigenvalue weighted by Gasteiger charge is 2.15. The maximum atomic E-state index is 11.7. The summed E-state index contributed by atoms with van der Waals surface area (Å²) in [4.78, 5) is 11.7. The van der Waals surface area contributed by atoms with Crippen LogP contribution in [-0.4, -0.2) is 11.9 Å². The molecule has 1 aromatic carbocycles. The molecule has 1 atom stereocenters. The molecule has 0 spiro atoms. The molecular formula is C15H25ClN2O. The summed E-state index contributed by atoms with van der Waals surface area (Å²) in [5.41, 5.74) is 7.94.